The van der Waals surface area contributed by atoms with Crippen molar-refractivity contribution in [2.45, 2.75) is 4.90 Å². The maximum Gasteiger partial charge on any atom is 0.198 e. The normalized spacial score (nSPS) is 13.2. The van der Waals surface area contributed by atoms with Crippen LogP contribution in [0.15, 0.2) is 35.2 Å². The van der Waals surface area contributed by atoms with Crippen molar-refractivity contribution in [3.8, 4) is 11.5 Å². The molecule has 106 valence electrons. The largest absolute Gasteiger partial charge is 0.504 e. The first-order valence-electron chi connectivity index (χ1n) is 5.85. The molecular weight excluding hydrogens is 296 g/mol. The number of carbonyl (C=O) groups is 2. The van der Waals surface area contributed by atoms with Crippen LogP contribution in [-0.2, 0) is 10.7 Å². The molecule has 1 aliphatic carbocycles. The highest BCUT2D eigenvalue weighted by Gasteiger charge is 2.34. The molecule has 21 heavy (non-hydrogen) atoms. The Morgan fingerprint density at radius 1 is 0.810 bits per heavy atom. The molecule has 0 saturated heterocycles. The van der Waals surface area contributed by atoms with E-state index in [1.807, 2.05) is 0 Å². The first-order chi connectivity index (χ1) is 9.93. The predicted molar refractivity (Wildman–Crippen MR) is 71.7 cm³/mol. The van der Waals surface area contributed by atoms with Gasteiger partial charge in [0.15, 0.2) is 33.8 Å². The van der Waals surface area contributed by atoms with E-state index in [4.69, 9.17) is 0 Å². The van der Waals surface area contributed by atoms with E-state index in [1.54, 1.807) is 12.1 Å². The van der Waals surface area contributed by atoms with Gasteiger partial charge in [0.05, 0.1) is 5.56 Å². The zero-order chi connectivity index (χ0) is 15.3. The van der Waals surface area contributed by atoms with Gasteiger partial charge < -0.3 is 10.2 Å². The van der Waals surface area contributed by atoms with Crippen LogP contribution < -0.4 is 0 Å². The summed E-state index contributed by atoms with van der Waals surface area (Å²) in [4.78, 5) is 24.1. The Morgan fingerprint density at radius 2 is 1.38 bits per heavy atom. The fourth-order valence-corrected chi connectivity index (χ4v) is 2.86. The summed E-state index contributed by atoms with van der Waals surface area (Å²) in [5.74, 6) is -3.03. The van der Waals surface area contributed by atoms with Gasteiger partial charge in [-0.2, -0.15) is 0 Å². The maximum atomic E-state index is 12.4. The van der Waals surface area contributed by atoms with Gasteiger partial charge in [-0.05, 0) is 6.07 Å². The molecule has 0 aliphatic heterocycles. The number of rotatable bonds is 1. The van der Waals surface area contributed by atoms with Gasteiger partial charge in [0.2, 0.25) is 0 Å². The monoisotopic (exact) mass is 304 g/mol. The number of ketones is 2. The molecule has 0 atom stereocenters. The van der Waals surface area contributed by atoms with E-state index in [1.165, 1.54) is 12.1 Å². The van der Waals surface area contributed by atoms with Gasteiger partial charge in [0.1, 0.15) is 4.90 Å². The molecule has 0 amide bonds. The lowest BCUT2D eigenvalue weighted by atomic mass is 9.83. The molecular formula is C14H8O6S. The fraction of sp³-hybridized carbons (Fsp3) is 0. The average molecular weight is 304 g/mol. The summed E-state index contributed by atoms with van der Waals surface area (Å²) in [6.45, 7) is 0. The molecule has 2 aromatic rings. The lowest BCUT2D eigenvalue weighted by Gasteiger charge is -2.19. The van der Waals surface area contributed by atoms with E-state index in [0.717, 1.165) is 6.07 Å². The van der Waals surface area contributed by atoms with Crippen molar-refractivity contribution in [3.05, 3.63) is 52.6 Å². The highest BCUT2D eigenvalue weighted by molar-refractivity contribution is 7.72. The number of fused-ring (bicyclic) bond motifs is 2. The SMILES string of the molecule is O=C1c2ccccc2C(=O)c2c1cc([SH](=O)=O)c(O)c2O. The summed E-state index contributed by atoms with van der Waals surface area (Å²) in [6, 6.07) is 6.92. The fourth-order valence-electron chi connectivity index (χ4n) is 2.35. The number of benzene rings is 2. The van der Waals surface area contributed by atoms with Crippen LogP contribution in [0.2, 0.25) is 0 Å². The van der Waals surface area contributed by atoms with Crippen LogP contribution in [0.25, 0.3) is 0 Å². The van der Waals surface area contributed by atoms with Crippen LogP contribution in [0.1, 0.15) is 31.8 Å². The number of phenols is 2. The van der Waals surface area contributed by atoms with Gasteiger partial charge >= 0.3 is 0 Å². The lowest BCUT2D eigenvalue weighted by molar-refractivity contribution is 0.0975. The maximum absolute atomic E-state index is 12.4. The Kier molecular flexibility index (Phi) is 2.80. The van der Waals surface area contributed by atoms with Gasteiger partial charge in [-0.25, -0.2) is 8.42 Å². The highest BCUT2D eigenvalue weighted by atomic mass is 32.2. The van der Waals surface area contributed by atoms with Crippen LogP contribution in [-0.4, -0.2) is 30.2 Å². The van der Waals surface area contributed by atoms with E-state index in [0.29, 0.717) is 0 Å². The molecule has 0 unspecified atom stereocenters. The second kappa shape index (κ2) is 4.42. The lowest BCUT2D eigenvalue weighted by Crippen LogP contribution is -2.21. The zero-order valence-electron chi connectivity index (χ0n) is 10.4. The Balaban J connectivity index is 2.41. The first kappa shape index (κ1) is 13.3. The minimum Gasteiger partial charge on any atom is -0.504 e. The summed E-state index contributed by atoms with van der Waals surface area (Å²) < 4.78 is 22.1. The smallest absolute Gasteiger partial charge is 0.198 e. The van der Waals surface area contributed by atoms with Crippen molar-refractivity contribution in [1.82, 2.24) is 0 Å². The molecule has 0 radical (unpaired) electrons. The Morgan fingerprint density at radius 3 is 1.95 bits per heavy atom. The summed E-state index contributed by atoms with van der Waals surface area (Å²) in [7, 11) is -3.22. The standard InChI is InChI=1S/C14H8O6S/c15-11-6-3-1-2-4-7(6)12(16)10-8(11)5-9(21(19)20)13(17)14(10)18/h1-5,17-18,21H. The molecule has 0 saturated carbocycles. The Bertz CT molecular complexity index is 887. The van der Waals surface area contributed by atoms with E-state index in [9.17, 15) is 28.2 Å². The molecule has 0 bridgehead atoms. The third-order valence-corrected chi connectivity index (χ3v) is 4.07. The van der Waals surface area contributed by atoms with Gasteiger partial charge in [0.25, 0.3) is 0 Å². The molecule has 1 aliphatic rings. The number of carbonyl (C=O) groups excluding carboxylic acids is 2. The van der Waals surface area contributed by atoms with Crippen LogP contribution in [0.4, 0.5) is 0 Å². The van der Waals surface area contributed by atoms with Crippen molar-refractivity contribution in [1.29, 1.82) is 0 Å². The zero-order valence-corrected chi connectivity index (χ0v) is 11.3. The third-order valence-electron chi connectivity index (χ3n) is 3.34. The van der Waals surface area contributed by atoms with Crippen LogP contribution >= 0.6 is 0 Å². The molecule has 7 heteroatoms. The molecule has 3 rings (SSSR count). The van der Waals surface area contributed by atoms with E-state index < -0.39 is 38.7 Å². The molecule has 0 heterocycles. The first-order valence-corrected chi connectivity index (χ1v) is 7.03. The van der Waals surface area contributed by atoms with Crippen molar-refractivity contribution in [2.24, 2.45) is 0 Å². The quantitative estimate of drug-likeness (QED) is 0.454. The number of thiol groups is 1. The van der Waals surface area contributed by atoms with Crippen molar-refractivity contribution < 1.29 is 28.2 Å². The third kappa shape index (κ3) is 1.74. The van der Waals surface area contributed by atoms with E-state index in [-0.39, 0.29) is 22.3 Å². The minimum atomic E-state index is -3.22. The summed E-state index contributed by atoms with van der Waals surface area (Å²) >= 11 is 0. The molecule has 0 aromatic heterocycles. The Hall–Kier alpha value is -2.67. The minimum absolute atomic E-state index is 0.101. The van der Waals surface area contributed by atoms with Crippen LogP contribution in [0.3, 0.4) is 0 Å². The highest BCUT2D eigenvalue weighted by Crippen LogP contribution is 2.40. The average Bonchev–Trinajstić information content (AvgIpc) is 2.47. The molecule has 6 nitrogen and oxygen atoms in total. The predicted octanol–water partition coefficient (Wildman–Crippen LogP) is 0.843. The van der Waals surface area contributed by atoms with E-state index >= 15 is 0 Å². The van der Waals surface area contributed by atoms with Gasteiger partial charge in [-0.1, -0.05) is 24.3 Å². The number of aromatic hydroxyl groups is 2. The number of hydrogen-bond acceptors (Lipinski definition) is 6. The van der Waals surface area contributed by atoms with Crippen molar-refractivity contribution in [3.63, 3.8) is 0 Å². The van der Waals surface area contributed by atoms with Crippen molar-refractivity contribution >= 4 is 22.3 Å². The summed E-state index contributed by atoms with van der Waals surface area (Å²) in [5, 5.41) is 19.6. The summed E-state index contributed by atoms with van der Waals surface area (Å²) in [5.41, 5.74) is -0.379. The molecule has 2 aromatic carbocycles. The molecule has 0 fully saturated rings. The van der Waals surface area contributed by atoms with Gasteiger partial charge in [-0.15, -0.1) is 0 Å². The van der Waals surface area contributed by atoms with Crippen molar-refractivity contribution in [2.75, 3.05) is 0 Å². The second-order valence-electron chi connectivity index (χ2n) is 4.48. The topological polar surface area (TPSA) is 109 Å². The van der Waals surface area contributed by atoms with Gasteiger partial charge in [-0.3, -0.25) is 9.59 Å². The van der Waals surface area contributed by atoms with Gasteiger partial charge in [0, 0.05) is 16.7 Å². The molecule has 0 spiro atoms. The van der Waals surface area contributed by atoms with E-state index in [2.05, 4.69) is 0 Å². The number of hydrogen-bond donors (Lipinski definition) is 3. The van der Waals surface area contributed by atoms with Crippen LogP contribution in [0.5, 0.6) is 11.5 Å². The Labute approximate surface area is 120 Å². The second-order valence-corrected chi connectivity index (χ2v) is 5.47. The van der Waals surface area contributed by atoms with Crippen LogP contribution in [0, 0.1) is 0 Å². The molecule has 2 N–H and O–H groups in total. The summed E-state index contributed by atoms with van der Waals surface area (Å²) in [6.07, 6.45) is 0. The number of phenolic OH excluding ortho intramolecular Hbond substituents is 2.